The summed E-state index contributed by atoms with van der Waals surface area (Å²) >= 11 is 0. The molecule has 2 atom stereocenters. The van der Waals surface area contributed by atoms with Crippen LogP contribution >= 0.6 is 9.39 Å². The number of hydrogen-bond donors (Lipinski definition) is 2. The van der Waals surface area contributed by atoms with Crippen molar-refractivity contribution in [2.45, 2.75) is 6.23 Å². The van der Waals surface area contributed by atoms with Crippen LogP contribution in [0, 0.1) is 0 Å². The molecule has 2 unspecified atom stereocenters. The first-order valence-electron chi connectivity index (χ1n) is 2.71. The number of hydrogen-bond acceptors (Lipinski definition) is 3. The molecule has 0 bridgehead atoms. The van der Waals surface area contributed by atoms with Crippen molar-refractivity contribution in [1.82, 2.24) is 9.99 Å². The van der Waals surface area contributed by atoms with E-state index in [0.29, 0.717) is 6.54 Å². The molecule has 1 heterocycles. The van der Waals surface area contributed by atoms with Gasteiger partial charge in [0.2, 0.25) is 0 Å². The van der Waals surface area contributed by atoms with Gasteiger partial charge < -0.3 is 10.4 Å². The van der Waals surface area contributed by atoms with E-state index in [1.54, 1.807) is 0 Å². The van der Waals surface area contributed by atoms with E-state index in [2.05, 4.69) is 14.7 Å². The molecule has 0 saturated carbocycles. The fraction of sp³-hybridized carbons (Fsp3) is 1.00. The van der Waals surface area contributed by atoms with Gasteiger partial charge in [-0.2, -0.15) is 0 Å². The lowest BCUT2D eigenvalue weighted by molar-refractivity contribution is 0.0518. The molecular weight excluding hydrogens is 123 g/mol. The smallest absolute Gasteiger partial charge is 0.122 e. The maximum Gasteiger partial charge on any atom is 0.122 e. The Morgan fingerprint density at radius 3 is 2.88 bits per heavy atom. The first-order valence-corrected chi connectivity index (χ1v) is 3.22. The van der Waals surface area contributed by atoms with Crippen molar-refractivity contribution in [2.75, 3.05) is 19.6 Å². The van der Waals surface area contributed by atoms with Gasteiger partial charge in [-0.15, -0.1) is 0 Å². The minimum atomic E-state index is -0.311. The van der Waals surface area contributed by atoms with E-state index < -0.39 is 0 Å². The maximum atomic E-state index is 9.02. The molecular formula is C4H11N2OP. The molecule has 1 rings (SSSR count). The third-order valence-electron chi connectivity index (χ3n) is 1.26. The SMILES string of the molecule is OC1CNCCN1P. The molecule has 48 valence electrons. The van der Waals surface area contributed by atoms with Crippen LogP contribution in [0.3, 0.4) is 0 Å². The Morgan fingerprint density at radius 2 is 2.50 bits per heavy atom. The van der Waals surface area contributed by atoms with Crippen molar-refractivity contribution in [3.63, 3.8) is 0 Å². The van der Waals surface area contributed by atoms with Crippen LogP contribution in [0.4, 0.5) is 0 Å². The largest absolute Gasteiger partial charge is 0.377 e. The molecule has 0 spiro atoms. The van der Waals surface area contributed by atoms with Crippen LogP contribution in [-0.2, 0) is 0 Å². The third kappa shape index (κ3) is 1.39. The maximum absolute atomic E-state index is 9.02. The summed E-state index contributed by atoms with van der Waals surface area (Å²) < 4.78 is 1.84. The molecule has 0 radical (unpaired) electrons. The quantitative estimate of drug-likeness (QED) is 0.417. The lowest BCUT2D eigenvalue weighted by atomic mass is 10.4. The van der Waals surface area contributed by atoms with Crippen LogP contribution in [0.2, 0.25) is 0 Å². The zero-order valence-corrected chi connectivity index (χ0v) is 5.83. The summed E-state index contributed by atoms with van der Waals surface area (Å²) in [5, 5.41) is 12.1. The minimum absolute atomic E-state index is 0.311. The van der Waals surface area contributed by atoms with Gasteiger partial charge in [0.25, 0.3) is 0 Å². The van der Waals surface area contributed by atoms with E-state index in [9.17, 15) is 0 Å². The summed E-state index contributed by atoms with van der Waals surface area (Å²) in [4.78, 5) is 0. The Morgan fingerprint density at radius 1 is 1.75 bits per heavy atom. The van der Waals surface area contributed by atoms with E-state index in [-0.39, 0.29) is 6.23 Å². The number of piperazine rings is 1. The standard InChI is InChI=1S/C4H11N2OP/c7-4-3-5-1-2-6(4)8/h4-5,7H,1-3,8H2. The predicted molar refractivity (Wildman–Crippen MR) is 35.3 cm³/mol. The van der Waals surface area contributed by atoms with Crippen LogP contribution in [0.1, 0.15) is 0 Å². The zero-order chi connectivity index (χ0) is 5.98. The van der Waals surface area contributed by atoms with E-state index in [1.165, 1.54) is 0 Å². The average molecular weight is 134 g/mol. The molecule has 0 aromatic carbocycles. The number of β-amino-alcohol motifs (C(OH)–C–C–N with tert-alkyl or cyclic N) is 1. The highest BCUT2D eigenvalue weighted by Crippen LogP contribution is 2.04. The second-order valence-electron chi connectivity index (χ2n) is 1.92. The molecule has 0 aromatic rings. The van der Waals surface area contributed by atoms with Crippen molar-refractivity contribution in [3.05, 3.63) is 0 Å². The lowest BCUT2D eigenvalue weighted by Crippen LogP contribution is -2.46. The van der Waals surface area contributed by atoms with Crippen molar-refractivity contribution in [3.8, 4) is 0 Å². The van der Waals surface area contributed by atoms with Crippen molar-refractivity contribution in [1.29, 1.82) is 0 Å². The van der Waals surface area contributed by atoms with Gasteiger partial charge in [-0.3, -0.25) is 4.67 Å². The van der Waals surface area contributed by atoms with Gasteiger partial charge in [-0.1, -0.05) is 9.39 Å². The van der Waals surface area contributed by atoms with Gasteiger partial charge in [-0.25, -0.2) is 0 Å². The van der Waals surface area contributed by atoms with Crippen LogP contribution in [0.15, 0.2) is 0 Å². The molecule has 1 saturated heterocycles. The van der Waals surface area contributed by atoms with E-state index in [4.69, 9.17) is 5.11 Å². The minimum Gasteiger partial charge on any atom is -0.377 e. The number of nitrogens with zero attached hydrogens (tertiary/aromatic N) is 1. The zero-order valence-electron chi connectivity index (χ0n) is 4.67. The van der Waals surface area contributed by atoms with Crippen LogP contribution in [0.25, 0.3) is 0 Å². The number of nitrogens with one attached hydrogen (secondary N) is 1. The summed E-state index contributed by atoms with van der Waals surface area (Å²) in [6.45, 7) is 2.57. The first-order chi connectivity index (χ1) is 3.80. The molecule has 8 heavy (non-hydrogen) atoms. The van der Waals surface area contributed by atoms with Crippen molar-refractivity contribution in [2.24, 2.45) is 0 Å². The highest BCUT2D eigenvalue weighted by Gasteiger charge is 2.13. The second kappa shape index (κ2) is 2.74. The molecule has 1 aliphatic rings. The Labute approximate surface area is 51.3 Å². The number of aliphatic hydroxyl groups is 1. The van der Waals surface area contributed by atoms with E-state index in [0.717, 1.165) is 13.1 Å². The van der Waals surface area contributed by atoms with Gasteiger partial charge in [0, 0.05) is 19.6 Å². The highest BCUT2D eigenvalue weighted by molar-refractivity contribution is 7.13. The predicted octanol–water partition coefficient (Wildman–Crippen LogP) is -1.000. The molecule has 4 heteroatoms. The van der Waals surface area contributed by atoms with Gasteiger partial charge in [0.15, 0.2) is 0 Å². The normalized spacial score (nSPS) is 33.0. The van der Waals surface area contributed by atoms with Gasteiger partial charge in [0.1, 0.15) is 6.23 Å². The van der Waals surface area contributed by atoms with Crippen molar-refractivity contribution < 1.29 is 5.11 Å². The highest BCUT2D eigenvalue weighted by atomic mass is 31.0. The molecule has 2 N–H and O–H groups in total. The summed E-state index contributed by atoms with van der Waals surface area (Å²) in [5.41, 5.74) is 0. The second-order valence-corrected chi connectivity index (χ2v) is 2.59. The molecule has 0 amide bonds. The average Bonchev–Trinajstić information content (AvgIpc) is 1.77. The molecule has 3 nitrogen and oxygen atoms in total. The Hall–Kier alpha value is 0.310. The van der Waals surface area contributed by atoms with E-state index >= 15 is 0 Å². The molecule has 0 aromatic heterocycles. The molecule has 0 aliphatic carbocycles. The summed E-state index contributed by atoms with van der Waals surface area (Å²) in [6, 6.07) is 0. The van der Waals surface area contributed by atoms with E-state index in [1.807, 2.05) is 4.67 Å². The van der Waals surface area contributed by atoms with Gasteiger partial charge in [-0.05, 0) is 0 Å². The van der Waals surface area contributed by atoms with Gasteiger partial charge in [0.05, 0.1) is 0 Å². The summed E-state index contributed by atoms with van der Waals surface area (Å²) in [7, 11) is 2.49. The van der Waals surface area contributed by atoms with Crippen molar-refractivity contribution >= 4 is 9.39 Å². The fourth-order valence-corrected chi connectivity index (χ4v) is 0.940. The Balaban J connectivity index is 2.28. The van der Waals surface area contributed by atoms with Gasteiger partial charge >= 0.3 is 0 Å². The van der Waals surface area contributed by atoms with Crippen LogP contribution in [0.5, 0.6) is 0 Å². The lowest BCUT2D eigenvalue weighted by Gasteiger charge is -2.28. The Bertz CT molecular complexity index is 70.4. The fourth-order valence-electron chi connectivity index (χ4n) is 0.706. The monoisotopic (exact) mass is 134 g/mol. The van der Waals surface area contributed by atoms with Crippen LogP contribution in [-0.4, -0.2) is 35.6 Å². The molecule has 1 aliphatic heterocycles. The summed E-state index contributed by atoms with van der Waals surface area (Å²) in [5.74, 6) is 0. The molecule has 1 fully saturated rings. The number of rotatable bonds is 0. The number of aliphatic hydroxyl groups excluding tert-OH is 1. The van der Waals surface area contributed by atoms with Crippen LogP contribution < -0.4 is 5.32 Å². The first kappa shape index (κ1) is 6.43. The topological polar surface area (TPSA) is 35.5 Å². The third-order valence-corrected chi connectivity index (χ3v) is 1.86. The Kier molecular flexibility index (Phi) is 2.20. The summed E-state index contributed by atoms with van der Waals surface area (Å²) in [6.07, 6.45) is -0.311.